The van der Waals surface area contributed by atoms with Crippen molar-refractivity contribution in [2.24, 2.45) is 0 Å². The van der Waals surface area contributed by atoms with Gasteiger partial charge in [0.15, 0.2) is 0 Å². The molecule has 2 aromatic rings. The van der Waals surface area contributed by atoms with E-state index in [2.05, 4.69) is 9.46 Å². The number of nitrogens with one attached hydrogen (secondary N) is 1. The van der Waals surface area contributed by atoms with Crippen molar-refractivity contribution in [1.29, 1.82) is 0 Å². The van der Waals surface area contributed by atoms with Gasteiger partial charge in [-0.05, 0) is 42.8 Å². The van der Waals surface area contributed by atoms with Gasteiger partial charge in [0.05, 0.1) is 28.8 Å². The summed E-state index contributed by atoms with van der Waals surface area (Å²) in [6.45, 7) is 1.60. The average molecular weight is 349 g/mol. The van der Waals surface area contributed by atoms with Gasteiger partial charge in [-0.2, -0.15) is 0 Å². The number of aryl methyl sites for hydroxylation is 1. The second kappa shape index (κ2) is 6.71. The molecule has 2 N–H and O–H groups in total. The molecule has 0 aliphatic carbocycles. The number of rotatable bonds is 5. The Labute approximate surface area is 138 Å². The number of hydrogen-bond donors (Lipinski definition) is 2. The number of sulfonamides is 1. The Morgan fingerprint density at radius 3 is 2.25 bits per heavy atom. The van der Waals surface area contributed by atoms with Crippen LogP contribution in [0.3, 0.4) is 0 Å². The van der Waals surface area contributed by atoms with Crippen molar-refractivity contribution in [3.63, 3.8) is 0 Å². The number of carboxylic acid groups (broad SMARTS) is 1. The molecule has 0 aromatic heterocycles. The Hall–Kier alpha value is -2.87. The summed E-state index contributed by atoms with van der Waals surface area (Å²) in [5.74, 6) is -1.82. The van der Waals surface area contributed by atoms with E-state index in [1.165, 1.54) is 43.5 Å². The normalized spacial score (nSPS) is 10.9. The van der Waals surface area contributed by atoms with E-state index in [1.54, 1.807) is 13.0 Å². The molecular weight excluding hydrogens is 334 g/mol. The van der Waals surface area contributed by atoms with Crippen LogP contribution in [0.1, 0.15) is 26.3 Å². The lowest BCUT2D eigenvalue weighted by Gasteiger charge is -2.13. The SMILES string of the molecule is COC(=O)c1ccc(S(=O)(=O)Nc2c(C)cccc2C(=O)O)cc1. The summed E-state index contributed by atoms with van der Waals surface area (Å²) in [5.41, 5.74) is 0.537. The lowest BCUT2D eigenvalue weighted by Crippen LogP contribution is -2.16. The Bertz CT molecular complexity index is 887. The molecular formula is C16H15NO6S. The fourth-order valence-electron chi connectivity index (χ4n) is 2.06. The number of ether oxygens (including phenoxy) is 1. The Morgan fingerprint density at radius 1 is 1.08 bits per heavy atom. The average Bonchev–Trinajstić information content (AvgIpc) is 2.55. The summed E-state index contributed by atoms with van der Waals surface area (Å²) >= 11 is 0. The van der Waals surface area contributed by atoms with E-state index in [9.17, 15) is 23.1 Å². The van der Waals surface area contributed by atoms with Crippen molar-refractivity contribution in [3.8, 4) is 0 Å². The zero-order chi connectivity index (χ0) is 17.9. The highest BCUT2D eigenvalue weighted by Gasteiger charge is 2.20. The first-order valence-electron chi connectivity index (χ1n) is 6.80. The molecule has 2 aromatic carbocycles. The van der Waals surface area contributed by atoms with Gasteiger partial charge in [0.1, 0.15) is 0 Å². The minimum Gasteiger partial charge on any atom is -0.478 e. The highest BCUT2D eigenvalue weighted by atomic mass is 32.2. The van der Waals surface area contributed by atoms with Crippen LogP contribution in [0.2, 0.25) is 0 Å². The molecule has 0 fully saturated rings. The van der Waals surface area contributed by atoms with E-state index in [0.29, 0.717) is 5.56 Å². The summed E-state index contributed by atoms with van der Waals surface area (Å²) in [7, 11) is -2.78. The first kappa shape index (κ1) is 17.5. The van der Waals surface area contributed by atoms with Gasteiger partial charge in [0, 0.05) is 0 Å². The number of para-hydroxylation sites is 1. The summed E-state index contributed by atoms with van der Waals surface area (Å²) in [6, 6.07) is 9.56. The molecule has 24 heavy (non-hydrogen) atoms. The van der Waals surface area contributed by atoms with Gasteiger partial charge in [0.2, 0.25) is 0 Å². The predicted molar refractivity (Wildman–Crippen MR) is 86.7 cm³/mol. The number of aromatic carboxylic acids is 1. The maximum Gasteiger partial charge on any atom is 0.337 e. The second-order valence-electron chi connectivity index (χ2n) is 4.92. The first-order valence-corrected chi connectivity index (χ1v) is 8.28. The van der Waals surface area contributed by atoms with Gasteiger partial charge in [-0.25, -0.2) is 18.0 Å². The van der Waals surface area contributed by atoms with Crippen molar-refractivity contribution in [2.45, 2.75) is 11.8 Å². The van der Waals surface area contributed by atoms with E-state index in [0.717, 1.165) is 0 Å². The molecule has 0 bridgehead atoms. The third-order valence-corrected chi connectivity index (χ3v) is 4.69. The van der Waals surface area contributed by atoms with E-state index < -0.39 is 22.0 Å². The number of carbonyl (C=O) groups excluding carboxylic acids is 1. The number of carbonyl (C=O) groups is 2. The smallest absolute Gasteiger partial charge is 0.337 e. The van der Waals surface area contributed by atoms with Crippen molar-refractivity contribution in [2.75, 3.05) is 11.8 Å². The Balaban J connectivity index is 2.39. The van der Waals surface area contributed by atoms with Gasteiger partial charge in [-0.1, -0.05) is 12.1 Å². The van der Waals surface area contributed by atoms with Crippen LogP contribution in [0, 0.1) is 6.92 Å². The fourth-order valence-corrected chi connectivity index (χ4v) is 3.21. The van der Waals surface area contributed by atoms with Crippen LogP contribution in [0.25, 0.3) is 0 Å². The highest BCUT2D eigenvalue weighted by Crippen LogP contribution is 2.24. The number of methoxy groups -OCH3 is 1. The molecule has 0 aliphatic rings. The van der Waals surface area contributed by atoms with Crippen LogP contribution in [0.15, 0.2) is 47.4 Å². The zero-order valence-electron chi connectivity index (χ0n) is 12.9. The van der Waals surface area contributed by atoms with Gasteiger partial charge < -0.3 is 9.84 Å². The monoisotopic (exact) mass is 349 g/mol. The van der Waals surface area contributed by atoms with Crippen molar-refractivity contribution < 1.29 is 27.9 Å². The molecule has 0 aliphatic heterocycles. The van der Waals surface area contributed by atoms with Crippen LogP contribution in [0.4, 0.5) is 5.69 Å². The van der Waals surface area contributed by atoms with Crippen molar-refractivity contribution >= 4 is 27.6 Å². The second-order valence-corrected chi connectivity index (χ2v) is 6.61. The Kier molecular flexibility index (Phi) is 4.89. The molecule has 0 spiro atoms. The van der Waals surface area contributed by atoms with E-state index in [1.807, 2.05) is 0 Å². The van der Waals surface area contributed by atoms with Gasteiger partial charge in [0.25, 0.3) is 10.0 Å². The quantitative estimate of drug-likeness (QED) is 0.802. The molecule has 0 unspecified atom stereocenters. The van der Waals surface area contributed by atoms with Crippen LogP contribution >= 0.6 is 0 Å². The molecule has 0 saturated carbocycles. The van der Waals surface area contributed by atoms with Gasteiger partial charge in [-0.3, -0.25) is 4.72 Å². The summed E-state index contributed by atoms with van der Waals surface area (Å²) < 4.78 is 31.8. The molecule has 0 amide bonds. The summed E-state index contributed by atoms with van der Waals surface area (Å²) in [4.78, 5) is 22.5. The molecule has 0 atom stereocenters. The third-order valence-electron chi connectivity index (χ3n) is 3.33. The lowest BCUT2D eigenvalue weighted by atomic mass is 10.1. The molecule has 0 heterocycles. The molecule has 8 heteroatoms. The van der Waals surface area contributed by atoms with Crippen molar-refractivity contribution in [1.82, 2.24) is 0 Å². The lowest BCUT2D eigenvalue weighted by molar-refractivity contribution is 0.0599. The minimum absolute atomic E-state index is 0.00189. The Morgan fingerprint density at radius 2 is 1.71 bits per heavy atom. The van der Waals surface area contributed by atoms with Crippen LogP contribution in [-0.4, -0.2) is 32.6 Å². The number of carboxylic acids is 1. The van der Waals surface area contributed by atoms with E-state index in [-0.39, 0.29) is 21.7 Å². The van der Waals surface area contributed by atoms with E-state index >= 15 is 0 Å². The number of hydrogen-bond acceptors (Lipinski definition) is 5. The highest BCUT2D eigenvalue weighted by molar-refractivity contribution is 7.92. The predicted octanol–water partition coefficient (Wildman–Crippen LogP) is 2.28. The van der Waals surface area contributed by atoms with Crippen LogP contribution in [-0.2, 0) is 14.8 Å². The number of anilines is 1. The maximum absolute atomic E-state index is 12.5. The fraction of sp³-hybridized carbons (Fsp3) is 0.125. The molecule has 0 radical (unpaired) electrons. The largest absolute Gasteiger partial charge is 0.478 e. The zero-order valence-corrected chi connectivity index (χ0v) is 13.8. The third kappa shape index (κ3) is 3.54. The number of esters is 1. The summed E-state index contributed by atoms with van der Waals surface area (Å²) in [6.07, 6.45) is 0. The minimum atomic E-state index is -4.01. The topological polar surface area (TPSA) is 110 Å². The first-order chi connectivity index (χ1) is 11.3. The van der Waals surface area contributed by atoms with Gasteiger partial charge >= 0.3 is 11.9 Å². The van der Waals surface area contributed by atoms with E-state index in [4.69, 9.17) is 0 Å². The molecule has 7 nitrogen and oxygen atoms in total. The number of benzene rings is 2. The summed E-state index contributed by atoms with van der Waals surface area (Å²) in [5, 5.41) is 9.20. The molecule has 2 rings (SSSR count). The standard InChI is InChI=1S/C16H15NO6S/c1-10-4-3-5-13(15(18)19)14(10)17-24(21,22)12-8-6-11(7-9-12)16(20)23-2/h3-9,17H,1-2H3,(H,18,19). The maximum atomic E-state index is 12.5. The molecule has 0 saturated heterocycles. The van der Waals surface area contributed by atoms with Crippen LogP contribution in [0.5, 0.6) is 0 Å². The van der Waals surface area contributed by atoms with Crippen molar-refractivity contribution in [3.05, 3.63) is 59.2 Å². The molecule has 126 valence electrons. The van der Waals surface area contributed by atoms with Crippen LogP contribution < -0.4 is 4.72 Å². The van der Waals surface area contributed by atoms with Gasteiger partial charge in [-0.15, -0.1) is 0 Å².